The molecule has 28 heavy (non-hydrogen) atoms. The summed E-state index contributed by atoms with van der Waals surface area (Å²) >= 11 is 0. The van der Waals surface area contributed by atoms with E-state index in [1.165, 1.54) is 24.1 Å². The first-order valence-corrected chi connectivity index (χ1v) is 10.5. The molecule has 0 atom stereocenters. The van der Waals surface area contributed by atoms with E-state index in [2.05, 4.69) is 72.3 Å². The van der Waals surface area contributed by atoms with Crippen molar-refractivity contribution in [2.45, 2.75) is 52.7 Å². The first-order chi connectivity index (χ1) is 13.6. The van der Waals surface area contributed by atoms with Crippen LogP contribution in [-0.4, -0.2) is 36.5 Å². The lowest BCUT2D eigenvalue weighted by Crippen LogP contribution is -2.30. The van der Waals surface area contributed by atoms with Crippen LogP contribution in [0.1, 0.15) is 55.1 Å². The average molecular weight is 380 g/mol. The van der Waals surface area contributed by atoms with Crippen LogP contribution in [0.15, 0.2) is 48.5 Å². The highest BCUT2D eigenvalue weighted by molar-refractivity contribution is 5.94. The second-order valence-electron chi connectivity index (χ2n) is 7.90. The summed E-state index contributed by atoms with van der Waals surface area (Å²) in [7, 11) is 0. The van der Waals surface area contributed by atoms with Crippen molar-refractivity contribution in [1.29, 1.82) is 0 Å². The van der Waals surface area contributed by atoms with E-state index >= 15 is 0 Å². The molecule has 0 unspecified atom stereocenters. The fourth-order valence-corrected chi connectivity index (χ4v) is 3.74. The summed E-state index contributed by atoms with van der Waals surface area (Å²) in [5, 5.41) is 3.03. The molecule has 1 aliphatic rings. The van der Waals surface area contributed by atoms with Gasteiger partial charge >= 0.3 is 0 Å². The van der Waals surface area contributed by atoms with Crippen molar-refractivity contribution in [2.24, 2.45) is 0 Å². The van der Waals surface area contributed by atoms with Gasteiger partial charge in [0.15, 0.2) is 0 Å². The van der Waals surface area contributed by atoms with Gasteiger partial charge in [0.25, 0.3) is 5.91 Å². The second kappa shape index (κ2) is 9.74. The largest absolute Gasteiger partial charge is 0.372 e. The Hall–Kier alpha value is -2.33. The van der Waals surface area contributed by atoms with Gasteiger partial charge in [-0.2, -0.15) is 0 Å². The van der Waals surface area contributed by atoms with E-state index in [4.69, 9.17) is 0 Å². The molecule has 0 radical (unpaired) electrons. The molecule has 0 aromatic heterocycles. The van der Waals surface area contributed by atoms with E-state index in [1.54, 1.807) is 0 Å². The number of hydrogen-bond donors (Lipinski definition) is 1. The minimum atomic E-state index is -0.0219. The van der Waals surface area contributed by atoms with Crippen molar-refractivity contribution in [2.75, 3.05) is 24.5 Å². The van der Waals surface area contributed by atoms with Crippen molar-refractivity contribution in [1.82, 2.24) is 10.2 Å². The van der Waals surface area contributed by atoms with Gasteiger partial charge in [0.2, 0.25) is 0 Å². The maximum Gasteiger partial charge on any atom is 0.251 e. The number of carbonyl (C=O) groups is 1. The molecular weight excluding hydrogens is 346 g/mol. The van der Waals surface area contributed by atoms with Crippen LogP contribution in [0.5, 0.6) is 0 Å². The summed E-state index contributed by atoms with van der Waals surface area (Å²) in [5.74, 6) is -0.0219. The summed E-state index contributed by atoms with van der Waals surface area (Å²) in [6.07, 6.45) is 2.56. The lowest BCUT2D eigenvalue weighted by Gasteiger charge is -2.24. The SMILES string of the molecule is CCN(Cc1ccc(C(=O)NCc2ccc(N3CCCC3)cc2)cc1)C(C)C. The molecule has 2 aromatic carbocycles. The lowest BCUT2D eigenvalue weighted by atomic mass is 10.1. The first-order valence-electron chi connectivity index (χ1n) is 10.5. The molecular formula is C24H33N3O. The van der Waals surface area contributed by atoms with Crippen LogP contribution in [0.4, 0.5) is 5.69 Å². The predicted molar refractivity (Wildman–Crippen MR) is 117 cm³/mol. The van der Waals surface area contributed by atoms with Gasteiger partial charge in [-0.15, -0.1) is 0 Å². The minimum absolute atomic E-state index is 0.0219. The molecule has 4 nitrogen and oxygen atoms in total. The summed E-state index contributed by atoms with van der Waals surface area (Å²) in [5.41, 5.74) is 4.36. The third kappa shape index (κ3) is 5.35. The number of anilines is 1. The molecule has 1 heterocycles. The Morgan fingerprint density at radius 1 is 1.00 bits per heavy atom. The summed E-state index contributed by atoms with van der Waals surface area (Å²) in [6, 6.07) is 17.0. The fraction of sp³-hybridized carbons (Fsp3) is 0.458. The minimum Gasteiger partial charge on any atom is -0.372 e. The van der Waals surface area contributed by atoms with Crippen LogP contribution >= 0.6 is 0 Å². The molecule has 150 valence electrons. The Kier molecular flexibility index (Phi) is 7.10. The average Bonchev–Trinajstić information content (AvgIpc) is 3.25. The van der Waals surface area contributed by atoms with Gasteiger partial charge in [0.05, 0.1) is 0 Å². The number of carbonyl (C=O) groups excluding carboxylic acids is 1. The van der Waals surface area contributed by atoms with Gasteiger partial charge < -0.3 is 10.2 Å². The summed E-state index contributed by atoms with van der Waals surface area (Å²) < 4.78 is 0. The molecule has 0 saturated carbocycles. The summed E-state index contributed by atoms with van der Waals surface area (Å²) in [6.45, 7) is 11.4. The Labute approximate surface area is 169 Å². The van der Waals surface area contributed by atoms with Crippen molar-refractivity contribution in [3.8, 4) is 0 Å². The van der Waals surface area contributed by atoms with Crippen LogP contribution in [0.3, 0.4) is 0 Å². The van der Waals surface area contributed by atoms with Gasteiger partial charge in [-0.1, -0.05) is 31.2 Å². The molecule has 4 heteroatoms. The van der Waals surface area contributed by atoms with E-state index in [0.717, 1.165) is 31.7 Å². The monoisotopic (exact) mass is 379 g/mol. The van der Waals surface area contributed by atoms with Crippen LogP contribution in [0.25, 0.3) is 0 Å². The lowest BCUT2D eigenvalue weighted by molar-refractivity contribution is 0.0951. The van der Waals surface area contributed by atoms with Gasteiger partial charge in [-0.3, -0.25) is 9.69 Å². The highest BCUT2D eigenvalue weighted by Crippen LogP contribution is 2.20. The number of rotatable bonds is 8. The molecule has 2 aromatic rings. The Morgan fingerprint density at radius 3 is 2.18 bits per heavy atom. The van der Waals surface area contributed by atoms with Gasteiger partial charge in [-0.25, -0.2) is 0 Å². The molecule has 0 spiro atoms. The zero-order valence-corrected chi connectivity index (χ0v) is 17.4. The van der Waals surface area contributed by atoms with E-state index < -0.39 is 0 Å². The molecule has 0 aliphatic carbocycles. The van der Waals surface area contributed by atoms with Crippen LogP contribution in [0.2, 0.25) is 0 Å². The smallest absolute Gasteiger partial charge is 0.251 e. The van der Waals surface area contributed by atoms with Crippen LogP contribution in [0, 0.1) is 0 Å². The Bertz CT molecular complexity index is 746. The Balaban J connectivity index is 1.51. The van der Waals surface area contributed by atoms with E-state index in [9.17, 15) is 4.79 Å². The highest BCUT2D eigenvalue weighted by atomic mass is 16.1. The second-order valence-corrected chi connectivity index (χ2v) is 7.90. The molecule has 1 fully saturated rings. The van der Waals surface area contributed by atoms with Crippen molar-refractivity contribution < 1.29 is 4.79 Å². The number of hydrogen-bond acceptors (Lipinski definition) is 3. The van der Waals surface area contributed by atoms with Gasteiger partial charge in [0.1, 0.15) is 0 Å². The van der Waals surface area contributed by atoms with Gasteiger partial charge in [0, 0.05) is 43.5 Å². The molecule has 3 rings (SSSR count). The van der Waals surface area contributed by atoms with E-state index in [0.29, 0.717) is 18.2 Å². The Morgan fingerprint density at radius 2 is 1.61 bits per heavy atom. The number of nitrogens with zero attached hydrogens (tertiary/aromatic N) is 2. The highest BCUT2D eigenvalue weighted by Gasteiger charge is 2.12. The van der Waals surface area contributed by atoms with Crippen LogP contribution in [-0.2, 0) is 13.1 Å². The first kappa shape index (κ1) is 20.4. The normalized spacial score (nSPS) is 14.1. The molecule has 1 saturated heterocycles. The molecule has 1 amide bonds. The van der Waals surface area contributed by atoms with E-state index in [1.807, 2.05) is 12.1 Å². The molecule has 0 bridgehead atoms. The quantitative estimate of drug-likeness (QED) is 0.736. The zero-order chi connectivity index (χ0) is 19.9. The number of nitrogens with one attached hydrogen (secondary N) is 1. The number of benzene rings is 2. The fourth-order valence-electron chi connectivity index (χ4n) is 3.74. The number of amides is 1. The topological polar surface area (TPSA) is 35.6 Å². The van der Waals surface area contributed by atoms with Crippen molar-refractivity contribution in [3.05, 3.63) is 65.2 Å². The van der Waals surface area contributed by atoms with Gasteiger partial charge in [-0.05, 0) is 68.6 Å². The summed E-state index contributed by atoms with van der Waals surface area (Å²) in [4.78, 5) is 17.3. The molecule has 1 N–H and O–H groups in total. The zero-order valence-electron chi connectivity index (χ0n) is 17.4. The third-order valence-electron chi connectivity index (χ3n) is 5.60. The maximum atomic E-state index is 12.5. The maximum absolute atomic E-state index is 12.5. The standard InChI is InChI=1S/C24H33N3O/c1-4-26(19(2)3)18-21-7-11-22(12-8-21)24(28)25-17-20-9-13-23(14-10-20)27-15-5-6-16-27/h7-14,19H,4-6,15-18H2,1-3H3,(H,25,28). The van der Waals surface area contributed by atoms with Crippen molar-refractivity contribution >= 4 is 11.6 Å². The van der Waals surface area contributed by atoms with Crippen molar-refractivity contribution in [3.63, 3.8) is 0 Å². The predicted octanol–water partition coefficient (Wildman–Crippen LogP) is 4.45. The third-order valence-corrected chi connectivity index (χ3v) is 5.60. The van der Waals surface area contributed by atoms with E-state index in [-0.39, 0.29) is 5.91 Å². The molecule has 1 aliphatic heterocycles. The van der Waals surface area contributed by atoms with Crippen LogP contribution < -0.4 is 10.2 Å².